The molecule has 0 unspecified atom stereocenters. The molecule has 3 N–H and O–H groups in total. The Morgan fingerprint density at radius 2 is 1.87 bits per heavy atom. The van der Waals surface area contributed by atoms with E-state index in [0.717, 1.165) is 23.0 Å². The molecule has 11 heteroatoms. The fraction of sp³-hybridized carbons (Fsp3) is 0.296. The van der Waals surface area contributed by atoms with Gasteiger partial charge in [-0.25, -0.2) is 18.9 Å². The maximum Gasteiger partial charge on any atom is 0.311 e. The molecule has 0 atom stereocenters. The van der Waals surface area contributed by atoms with E-state index in [4.69, 9.17) is 20.2 Å². The summed E-state index contributed by atoms with van der Waals surface area (Å²) in [6, 6.07) is 11.3. The summed E-state index contributed by atoms with van der Waals surface area (Å²) in [5, 5.41) is 7.22. The van der Waals surface area contributed by atoms with E-state index >= 15 is 0 Å². The Labute approximate surface area is 217 Å². The molecule has 2 heterocycles. The number of anilines is 1. The van der Waals surface area contributed by atoms with Crippen LogP contribution in [0.2, 0.25) is 0 Å². The van der Waals surface area contributed by atoms with Crippen LogP contribution in [0.1, 0.15) is 41.0 Å². The Morgan fingerprint density at radius 3 is 2.55 bits per heavy atom. The smallest absolute Gasteiger partial charge is 0.311 e. The van der Waals surface area contributed by atoms with Crippen LogP contribution in [-0.4, -0.2) is 45.7 Å². The highest BCUT2D eigenvalue weighted by Gasteiger charge is 2.74. The Hall–Kier alpha value is -4.54. The zero-order chi connectivity index (χ0) is 26.7. The lowest BCUT2D eigenvalue weighted by Crippen LogP contribution is -2.68. The van der Waals surface area contributed by atoms with Gasteiger partial charge in [-0.1, -0.05) is 24.3 Å². The first-order valence-corrected chi connectivity index (χ1v) is 12.1. The molecular weight excluding hydrogens is 491 g/mol. The number of halogens is 1. The lowest BCUT2D eigenvalue weighted by atomic mass is 9.35. The fourth-order valence-corrected chi connectivity index (χ4v) is 5.87. The van der Waals surface area contributed by atoms with Crippen molar-refractivity contribution in [2.45, 2.75) is 31.2 Å². The summed E-state index contributed by atoms with van der Waals surface area (Å²) < 4.78 is 25.5. The van der Waals surface area contributed by atoms with Crippen molar-refractivity contribution < 1.29 is 23.5 Å². The number of fused-ring (bicyclic) bond motifs is 1. The minimum atomic E-state index is -0.519. The molecule has 0 spiro atoms. The summed E-state index contributed by atoms with van der Waals surface area (Å²) in [6.07, 6.45) is 3.41. The van der Waals surface area contributed by atoms with Crippen molar-refractivity contribution in [3.63, 3.8) is 0 Å². The third-order valence-corrected chi connectivity index (χ3v) is 7.67. The molecule has 0 radical (unpaired) electrons. The third-order valence-electron chi connectivity index (χ3n) is 7.67. The predicted octanol–water partition coefficient (Wildman–Crippen LogP) is 3.05. The van der Waals surface area contributed by atoms with Crippen LogP contribution in [0, 0.1) is 11.2 Å². The molecule has 0 saturated heterocycles. The zero-order valence-electron chi connectivity index (χ0n) is 20.8. The van der Waals surface area contributed by atoms with Gasteiger partial charge in [-0.3, -0.25) is 9.59 Å². The van der Waals surface area contributed by atoms with Gasteiger partial charge in [0.05, 0.1) is 25.2 Å². The number of rotatable bonds is 7. The van der Waals surface area contributed by atoms with Crippen LogP contribution >= 0.6 is 0 Å². The maximum atomic E-state index is 13.6. The normalized spacial score (nSPS) is 21.3. The van der Waals surface area contributed by atoms with Gasteiger partial charge in [0, 0.05) is 17.5 Å². The standard InChI is InChI=1S/C27H25FN6O4/c1-37-19-8-7-17(28)9-18(19)23(35)30-10-15-3-5-16(6-4-15)20-21-22(29)31-14-32-34(21)24(33-20)26-11-27(12-26,13-26)25(36)38-2/h3-9,14H,10-13H2,1-2H3,(H,30,35)(H2,29,31,32). The van der Waals surface area contributed by atoms with Crippen LogP contribution in [-0.2, 0) is 21.5 Å². The number of amides is 1. The number of ether oxygens (including phenoxy) is 2. The van der Waals surface area contributed by atoms with Gasteiger partial charge in [0.1, 0.15) is 34.9 Å². The molecule has 2 aromatic carbocycles. The molecule has 2 bridgehead atoms. The van der Waals surface area contributed by atoms with Crippen LogP contribution in [0.3, 0.4) is 0 Å². The summed E-state index contributed by atoms with van der Waals surface area (Å²) in [4.78, 5) is 33.9. The predicted molar refractivity (Wildman–Crippen MR) is 135 cm³/mol. The summed E-state index contributed by atoms with van der Waals surface area (Å²) in [7, 11) is 2.84. The van der Waals surface area contributed by atoms with Crippen LogP contribution in [0.4, 0.5) is 10.2 Å². The second-order valence-corrected chi connectivity index (χ2v) is 10.00. The average Bonchev–Trinajstić information content (AvgIpc) is 3.26. The molecular formula is C27H25FN6O4. The number of nitrogens with zero attached hydrogens (tertiary/aromatic N) is 4. The second kappa shape index (κ2) is 8.51. The molecule has 194 valence electrons. The lowest BCUT2D eigenvalue weighted by molar-refractivity contribution is -0.199. The number of esters is 1. The van der Waals surface area contributed by atoms with Gasteiger partial charge in [0.2, 0.25) is 0 Å². The summed E-state index contributed by atoms with van der Waals surface area (Å²) in [5.74, 6) is 0.236. The number of benzene rings is 2. The number of hydrogen-bond acceptors (Lipinski definition) is 8. The zero-order valence-corrected chi connectivity index (χ0v) is 20.8. The summed E-state index contributed by atoms with van der Waals surface area (Å²) in [5.41, 5.74) is 8.63. The molecule has 10 nitrogen and oxygen atoms in total. The van der Waals surface area contributed by atoms with Crippen molar-refractivity contribution in [3.8, 4) is 17.0 Å². The van der Waals surface area contributed by atoms with Crippen LogP contribution in [0.15, 0.2) is 48.8 Å². The van der Waals surface area contributed by atoms with E-state index in [9.17, 15) is 14.0 Å². The minimum Gasteiger partial charge on any atom is -0.496 e. The highest BCUT2D eigenvalue weighted by atomic mass is 19.1. The minimum absolute atomic E-state index is 0.124. The van der Waals surface area contributed by atoms with Gasteiger partial charge in [0.15, 0.2) is 5.82 Å². The quantitative estimate of drug-likeness (QED) is 0.358. The van der Waals surface area contributed by atoms with Gasteiger partial charge in [-0.05, 0) is 43.0 Å². The average molecular weight is 517 g/mol. The second-order valence-electron chi connectivity index (χ2n) is 10.00. The van der Waals surface area contributed by atoms with E-state index in [-0.39, 0.29) is 23.5 Å². The van der Waals surface area contributed by atoms with E-state index in [0.29, 0.717) is 42.0 Å². The first-order chi connectivity index (χ1) is 18.3. The molecule has 7 rings (SSSR count). The van der Waals surface area contributed by atoms with Gasteiger partial charge in [0.25, 0.3) is 5.91 Å². The molecule has 2 aromatic heterocycles. The van der Waals surface area contributed by atoms with Crippen molar-refractivity contribution in [2.75, 3.05) is 20.0 Å². The maximum absolute atomic E-state index is 13.6. The number of nitrogens with one attached hydrogen (secondary N) is 1. The molecule has 4 aromatic rings. The van der Waals surface area contributed by atoms with Crippen LogP contribution in [0.25, 0.3) is 16.8 Å². The Bertz CT molecular complexity index is 1580. The SMILES string of the molecule is COC(=O)C12CC(c3nc(-c4ccc(CNC(=O)c5cc(F)ccc5OC)cc4)c4c(N)ncnn34)(C1)C2. The number of carbonyl (C=O) groups is 2. The Morgan fingerprint density at radius 1 is 1.13 bits per heavy atom. The molecule has 1 amide bonds. The van der Waals surface area contributed by atoms with E-state index in [2.05, 4.69) is 15.4 Å². The van der Waals surface area contributed by atoms with Gasteiger partial charge < -0.3 is 20.5 Å². The van der Waals surface area contributed by atoms with Crippen LogP contribution < -0.4 is 15.8 Å². The van der Waals surface area contributed by atoms with Gasteiger partial charge in [-0.2, -0.15) is 5.10 Å². The number of carbonyl (C=O) groups excluding carboxylic acids is 2. The highest BCUT2D eigenvalue weighted by molar-refractivity contribution is 5.97. The van der Waals surface area contributed by atoms with E-state index < -0.39 is 17.1 Å². The van der Waals surface area contributed by atoms with Crippen molar-refractivity contribution >= 4 is 23.2 Å². The van der Waals surface area contributed by atoms with Crippen LogP contribution in [0.5, 0.6) is 5.75 Å². The number of hydrogen-bond donors (Lipinski definition) is 2. The van der Waals surface area contributed by atoms with E-state index in [1.165, 1.54) is 32.7 Å². The van der Waals surface area contributed by atoms with E-state index in [1.54, 1.807) is 4.52 Å². The van der Waals surface area contributed by atoms with Crippen molar-refractivity contribution in [2.24, 2.45) is 5.41 Å². The molecule has 3 aliphatic rings. The van der Waals surface area contributed by atoms with E-state index in [1.807, 2.05) is 24.3 Å². The fourth-order valence-electron chi connectivity index (χ4n) is 5.87. The van der Waals surface area contributed by atoms with Crippen molar-refractivity contribution in [3.05, 3.63) is 71.6 Å². The van der Waals surface area contributed by atoms with Crippen molar-refractivity contribution in [1.29, 1.82) is 0 Å². The number of methoxy groups -OCH3 is 2. The van der Waals surface area contributed by atoms with Gasteiger partial charge in [-0.15, -0.1) is 0 Å². The number of imidazole rings is 1. The Kier molecular flexibility index (Phi) is 5.33. The number of aromatic nitrogens is 4. The van der Waals surface area contributed by atoms with Crippen molar-refractivity contribution in [1.82, 2.24) is 24.9 Å². The molecule has 3 fully saturated rings. The Balaban J connectivity index is 1.24. The third kappa shape index (κ3) is 3.49. The molecule has 0 aliphatic heterocycles. The monoisotopic (exact) mass is 516 g/mol. The first-order valence-electron chi connectivity index (χ1n) is 12.1. The highest BCUT2D eigenvalue weighted by Crippen LogP contribution is 2.73. The summed E-state index contributed by atoms with van der Waals surface area (Å²) in [6.45, 7) is 0.234. The lowest BCUT2D eigenvalue weighted by Gasteiger charge is -2.67. The molecule has 3 saturated carbocycles. The van der Waals surface area contributed by atoms with Gasteiger partial charge >= 0.3 is 5.97 Å². The molecule has 38 heavy (non-hydrogen) atoms. The number of nitrogens with two attached hydrogens (primary N) is 1. The molecule has 3 aliphatic carbocycles. The summed E-state index contributed by atoms with van der Waals surface area (Å²) >= 11 is 0. The number of nitrogen functional groups attached to an aromatic ring is 1. The largest absolute Gasteiger partial charge is 0.496 e. The topological polar surface area (TPSA) is 134 Å². The first kappa shape index (κ1) is 23.8.